The first-order chi connectivity index (χ1) is 70.8. The third-order valence-electron chi connectivity index (χ3n) is 36.2. The molecule has 20 rings (SSSR count). The molecule has 0 atom stereocenters. The second-order valence-electron chi connectivity index (χ2n) is 43.7. The lowest BCUT2D eigenvalue weighted by atomic mass is 9.51. The number of Topliss-reactive ketones (excluding diaryl/α,β-unsaturated/α-hetero) is 1. The molecule has 0 heterocycles. The maximum Gasteiger partial charge on any atom is 0.228 e. The average Bonchev–Trinajstić information content (AvgIpc) is 0.735. The Bertz CT molecular complexity index is 5370. The molecule has 8 bridgehead atoms. The summed E-state index contributed by atoms with van der Waals surface area (Å²) >= 11 is 0. The van der Waals surface area contributed by atoms with Gasteiger partial charge in [-0.2, -0.15) is 0 Å². The van der Waals surface area contributed by atoms with Gasteiger partial charge in [-0.05, 0) is 399 Å². The van der Waals surface area contributed by atoms with Gasteiger partial charge in [0.05, 0.1) is 48.8 Å². The van der Waals surface area contributed by atoms with Crippen molar-refractivity contribution in [2.24, 2.45) is 33.1 Å². The Kier molecular flexibility index (Phi) is 42.4. The molecule has 14 saturated carbocycles. The summed E-state index contributed by atoms with van der Waals surface area (Å²) in [6.45, 7) is 21.3. The number of primary amides is 2. The highest BCUT2D eigenvalue weighted by molar-refractivity contribution is 5.90. The molecule has 23 heteroatoms. The van der Waals surface area contributed by atoms with Crippen LogP contribution in [0.4, 0.5) is 26.3 Å². The molecule has 0 spiro atoms. The van der Waals surface area contributed by atoms with Gasteiger partial charge in [-0.15, -0.1) is 0 Å². The number of carbonyl (C=O) groups is 6. The van der Waals surface area contributed by atoms with Crippen molar-refractivity contribution in [3.63, 3.8) is 0 Å². The molecule has 0 unspecified atom stereocenters. The van der Waals surface area contributed by atoms with Crippen LogP contribution in [-0.2, 0) is 61.3 Å². The van der Waals surface area contributed by atoms with Gasteiger partial charge in [0.25, 0.3) is 0 Å². The molecule has 0 aromatic heterocycles. The zero-order valence-electron chi connectivity index (χ0n) is 90.1. The van der Waals surface area contributed by atoms with Gasteiger partial charge in [0.15, 0.2) is 0 Å². The summed E-state index contributed by atoms with van der Waals surface area (Å²) < 4.78 is 110. The molecule has 7 N–H and O–H groups in total. The number of hydrogen-bond acceptors (Lipinski definition) is 12. The normalized spacial score (nSPS) is 25.2. The number of ether oxygens (including phenoxy) is 6. The highest BCUT2D eigenvalue weighted by atomic mass is 19.1. The quantitative estimate of drug-likeness (QED) is 0.0229. The number of amides is 5. The van der Waals surface area contributed by atoms with Crippen molar-refractivity contribution in [2.45, 2.75) is 365 Å². The first-order valence-corrected chi connectivity index (χ1v) is 54.7. The van der Waals surface area contributed by atoms with Gasteiger partial charge >= 0.3 is 0 Å². The number of rotatable bonds is 37. The number of ketones is 1. The van der Waals surface area contributed by atoms with Gasteiger partial charge in [-0.25, -0.2) is 26.3 Å². The van der Waals surface area contributed by atoms with Gasteiger partial charge in [-0.1, -0.05) is 160 Å². The van der Waals surface area contributed by atoms with Crippen LogP contribution in [-0.4, -0.2) is 96.1 Å². The van der Waals surface area contributed by atoms with Gasteiger partial charge in [0.2, 0.25) is 29.5 Å². The zero-order valence-corrected chi connectivity index (χ0v) is 90.1. The van der Waals surface area contributed by atoms with Gasteiger partial charge in [0, 0.05) is 49.2 Å². The van der Waals surface area contributed by atoms with Crippen molar-refractivity contribution < 1.29 is 83.5 Å². The number of benzene rings is 6. The maximum atomic E-state index is 12.7. The number of carbonyl (C=O) groups excluding carboxylic acids is 6. The van der Waals surface area contributed by atoms with Crippen LogP contribution < -0.4 is 55.8 Å². The lowest BCUT2D eigenvalue weighted by Gasteiger charge is -2.52. The minimum atomic E-state index is -0.537. The van der Waals surface area contributed by atoms with E-state index in [0.717, 1.165) is 268 Å². The Hall–Kier alpha value is -10.8. The van der Waals surface area contributed by atoms with Gasteiger partial charge < -0.3 is 55.8 Å². The van der Waals surface area contributed by atoms with Gasteiger partial charge in [-0.3, -0.25) is 28.8 Å². The molecule has 6 aromatic rings. The maximum absolute atomic E-state index is 12.7. The molecule has 5 amide bonds. The lowest BCUT2D eigenvalue weighted by molar-refractivity contribution is -0.138. The smallest absolute Gasteiger partial charge is 0.228 e. The Morgan fingerprint density at radius 3 is 0.701 bits per heavy atom. The monoisotopic (exact) mass is 2030 g/mol. The van der Waals surface area contributed by atoms with Crippen LogP contribution in [0, 0.1) is 42.4 Å². The summed E-state index contributed by atoms with van der Waals surface area (Å²) in [5, 5.41) is 8.59. The number of fused-ring (bicyclic) bond motifs is 12. The van der Waals surface area contributed by atoms with E-state index < -0.39 is 5.41 Å². The Balaban J connectivity index is 0.000000168. The summed E-state index contributed by atoms with van der Waals surface area (Å²) in [5.41, 5.74) is 25.3. The first kappa shape index (κ1) is 116. The van der Waals surface area contributed by atoms with E-state index >= 15 is 0 Å². The number of halogens is 6. The zero-order chi connectivity index (χ0) is 106. The number of hydrogen-bond donors (Lipinski definition) is 5. The average molecular weight is 2030 g/mol. The summed E-state index contributed by atoms with van der Waals surface area (Å²) in [4.78, 5) is 73.3. The van der Waals surface area contributed by atoms with Crippen molar-refractivity contribution >= 4 is 35.3 Å². The van der Waals surface area contributed by atoms with Crippen molar-refractivity contribution in [3.05, 3.63) is 249 Å². The number of aryl methyl sites for hydroxylation is 3. The predicted octanol–water partition coefficient (Wildman–Crippen LogP) is 28.9. The fourth-order valence-electron chi connectivity index (χ4n) is 25.1. The second-order valence-corrected chi connectivity index (χ2v) is 43.7. The molecule has 14 fully saturated rings. The largest absolute Gasteiger partial charge is 0.489 e. The number of nitrogens with one attached hydrogen (secondary N) is 3. The van der Waals surface area contributed by atoms with Crippen LogP contribution in [0.2, 0.25) is 0 Å². The van der Waals surface area contributed by atoms with Crippen LogP contribution >= 0.6 is 0 Å². The van der Waals surface area contributed by atoms with Crippen molar-refractivity contribution in [1.82, 2.24) is 16.0 Å². The SMILES string of the molecule is CC/C(=C/F)COc1ccc(C23CCC(C(=O)NC)(CC2)CC3)cc1C.CC/C(=C\F)COc1ccc(C2(C(N)=O)CCCCC2)cc1.CC/C(=C\F)COc1ccc(C23CCC(C(=O)NC)(CC2)CC3)cc1.CC/C(=C\F)COc1ccc(C23CCC(C(=O)NC)(CC2)CC3)cc1C.CC/C(=C\F)COc1ccc(C23CCC(C(N)=O)(CC2)CC3)cc1C.CCC(=O)C1(c2ccc(OC/C(=C/F)CC)cc2)CCCCC1. The third-order valence-corrected chi connectivity index (χ3v) is 36.2. The van der Waals surface area contributed by atoms with Crippen LogP contribution in [0.15, 0.2) is 199 Å². The molecule has 0 radical (unpaired) electrons. The lowest BCUT2D eigenvalue weighted by Crippen LogP contribution is -2.51. The van der Waals surface area contributed by atoms with Crippen LogP contribution in [0.25, 0.3) is 0 Å². The van der Waals surface area contributed by atoms with E-state index in [1.165, 1.54) is 28.7 Å². The molecule has 6 aromatic carbocycles. The molecule has 14 aliphatic carbocycles. The minimum absolute atomic E-state index is 0.117. The molecule has 17 nitrogen and oxygen atoms in total. The molecule has 802 valence electrons. The van der Waals surface area contributed by atoms with E-state index in [9.17, 15) is 55.1 Å². The fraction of sp³-hybridized carbons (Fsp3) is 0.565. The molecule has 147 heavy (non-hydrogen) atoms. The Morgan fingerprint density at radius 2 is 0.483 bits per heavy atom. The summed E-state index contributed by atoms with van der Waals surface area (Å²) in [7, 11) is 5.24. The van der Waals surface area contributed by atoms with Crippen LogP contribution in [0.1, 0.15) is 362 Å². The number of nitrogens with two attached hydrogens (primary N) is 2. The third kappa shape index (κ3) is 27.3. The first-order valence-electron chi connectivity index (χ1n) is 54.7. The van der Waals surface area contributed by atoms with Crippen LogP contribution in [0.5, 0.6) is 34.5 Å². The summed E-state index contributed by atoms with van der Waals surface area (Å²) in [6.07, 6.45) is 42.7. The summed E-state index contributed by atoms with van der Waals surface area (Å²) in [6, 6.07) is 42.8. The fourth-order valence-corrected chi connectivity index (χ4v) is 25.1. The van der Waals surface area contributed by atoms with Crippen molar-refractivity contribution in [2.75, 3.05) is 60.8 Å². The Labute approximate surface area is 872 Å². The Morgan fingerprint density at radius 1 is 0.265 bits per heavy atom. The molecular formula is C124H167F6N5O12. The van der Waals surface area contributed by atoms with Crippen molar-refractivity contribution in [3.8, 4) is 34.5 Å². The van der Waals surface area contributed by atoms with E-state index in [2.05, 4.69) is 78.3 Å². The van der Waals surface area contributed by atoms with E-state index in [0.29, 0.717) is 154 Å². The van der Waals surface area contributed by atoms with E-state index in [-0.39, 0.29) is 91.5 Å². The minimum Gasteiger partial charge on any atom is -0.489 e. The van der Waals surface area contributed by atoms with Crippen molar-refractivity contribution in [1.29, 1.82) is 0 Å². The van der Waals surface area contributed by atoms with E-state index in [1.54, 1.807) is 21.1 Å². The standard InChI is InChI=1S/2C22H30FNO2.2C21H28FNO2.C20H27FO2.C18H24FNO2/c2*1-4-17(14-23)15-26-19-6-5-18(13-16(19)2)21-7-10-22(11-8-21,12-9-21)20(25)24-3;1-3-16(14-22)15-25-18-6-4-17(5-7-18)20-8-11-21(12-9-20,13-10-20)19(24)23-2;1-3-16(13-22)14-25-18-5-4-17(12-15(18)2)20-6-9-21(10-7-20,11-8-20)19(23)24;1-3-16(14-21)15-23-18-10-8-17(9-11-18)20(19(22)4-2)12-6-5-7-13-20;1-2-14(12-19)13-22-16-8-6-15(7-9-16)18(17(20)21)10-4-3-5-11-18/h2*5-6,13-14H,4,7-12,15H2,1-3H3,(H,24,25);4-7,14H,3,8-13,15H2,1-2H3,(H,23,24);4-5,12-13H,3,6-11,14H2,1-2H3,(H2,23,24);8-11,14H,3-7,12-13,15H2,1-2H3;6-9,12H,2-5,10-11,13H2,1H3,(H2,20,21)/b17-14+;17-14-;16-14+;16-13+;16-14+;14-12+. The van der Waals surface area contributed by atoms with Gasteiger partial charge in [0.1, 0.15) is 79.9 Å². The van der Waals surface area contributed by atoms with E-state index in [1.807, 2.05) is 134 Å². The molecule has 0 saturated heterocycles. The highest BCUT2D eigenvalue weighted by Gasteiger charge is 2.57. The second kappa shape index (κ2) is 53.5. The predicted molar refractivity (Wildman–Crippen MR) is 575 cm³/mol. The highest BCUT2D eigenvalue weighted by Crippen LogP contribution is 2.63. The van der Waals surface area contributed by atoms with E-state index in [4.69, 9.17) is 39.9 Å². The summed E-state index contributed by atoms with van der Waals surface area (Å²) in [5.74, 6) is 5.28. The van der Waals surface area contributed by atoms with Crippen LogP contribution in [0.3, 0.4) is 0 Å². The molecule has 14 aliphatic rings. The topological polar surface area (TPSA) is 246 Å². The molecule has 0 aliphatic heterocycles. The molecular weight excluding hydrogens is 1870 g/mol.